The molecule has 0 fully saturated rings. The van der Waals surface area contributed by atoms with Crippen LogP contribution >= 0.6 is 11.8 Å². The van der Waals surface area contributed by atoms with Crippen molar-refractivity contribution in [2.24, 2.45) is 0 Å². The van der Waals surface area contributed by atoms with Gasteiger partial charge >= 0.3 is 0 Å². The molecule has 0 aliphatic carbocycles. The number of ether oxygens (including phenoxy) is 2. The van der Waals surface area contributed by atoms with Gasteiger partial charge in [0.1, 0.15) is 5.75 Å². The van der Waals surface area contributed by atoms with Gasteiger partial charge in [0.15, 0.2) is 5.69 Å². The Labute approximate surface area is 194 Å². The van der Waals surface area contributed by atoms with E-state index in [1.807, 2.05) is 19.2 Å². The first-order chi connectivity index (χ1) is 15.9. The number of para-hydroxylation sites is 1. The summed E-state index contributed by atoms with van der Waals surface area (Å²) in [6.45, 7) is 3.75. The van der Waals surface area contributed by atoms with Gasteiger partial charge in [-0.1, -0.05) is 36.9 Å². The Morgan fingerprint density at radius 1 is 1.27 bits per heavy atom. The Balaban J connectivity index is 1.98. The second-order valence-corrected chi connectivity index (χ2v) is 7.93. The maximum atomic E-state index is 12.9. The molecule has 10 nitrogen and oxygen atoms in total. The molecule has 0 bridgehead atoms. The van der Waals surface area contributed by atoms with Gasteiger partial charge in [0, 0.05) is 24.6 Å². The Hall–Kier alpha value is -3.73. The third-order valence-corrected chi connectivity index (χ3v) is 5.50. The molecule has 1 aliphatic heterocycles. The van der Waals surface area contributed by atoms with Crippen LogP contribution in [0.5, 0.6) is 11.6 Å². The summed E-state index contributed by atoms with van der Waals surface area (Å²) in [4.78, 5) is 29.9. The van der Waals surface area contributed by atoms with Crippen LogP contribution in [0.2, 0.25) is 0 Å². The van der Waals surface area contributed by atoms with E-state index in [-0.39, 0.29) is 17.5 Å². The molecule has 170 valence electrons. The summed E-state index contributed by atoms with van der Waals surface area (Å²) >= 11 is 1.30. The number of carbonyl (C=O) groups excluding carboxylic acids is 1. The molecule has 0 N–H and O–H groups in total. The highest BCUT2D eigenvalue weighted by atomic mass is 32.2. The number of nitro benzene ring substituents is 1. The zero-order valence-corrected chi connectivity index (χ0v) is 19.0. The molecule has 2 heterocycles. The fraction of sp³-hybridized carbons (Fsp3) is 0.273. The van der Waals surface area contributed by atoms with E-state index in [0.717, 1.165) is 6.42 Å². The number of rotatable bonds is 6. The minimum Gasteiger partial charge on any atom is -0.493 e. The van der Waals surface area contributed by atoms with Crippen molar-refractivity contribution < 1.29 is 19.2 Å². The normalized spacial score (nSPS) is 14.5. The summed E-state index contributed by atoms with van der Waals surface area (Å²) in [6.07, 6.45) is 1.46. The van der Waals surface area contributed by atoms with Crippen molar-refractivity contribution in [3.05, 3.63) is 58.1 Å². The molecule has 4 rings (SSSR count). The lowest BCUT2D eigenvalue weighted by Gasteiger charge is -2.30. The number of amides is 1. The number of fused-ring (bicyclic) bond motifs is 3. The van der Waals surface area contributed by atoms with Crippen molar-refractivity contribution in [3.8, 4) is 22.9 Å². The second-order valence-electron chi connectivity index (χ2n) is 7.16. The van der Waals surface area contributed by atoms with Crippen molar-refractivity contribution in [1.82, 2.24) is 15.2 Å². The molecular formula is C22H21N5O5S. The first kappa shape index (κ1) is 22.5. The SMILES string of the molecule is CCCOc1ccc([N+](=O)[O-])cc1[C@@H]1Oc2nc(SC)nnc2-c2ccccc2N1C(C)=O. The second kappa shape index (κ2) is 9.41. The van der Waals surface area contributed by atoms with Crippen LogP contribution < -0.4 is 14.4 Å². The number of hydrogen-bond donors (Lipinski definition) is 0. The van der Waals surface area contributed by atoms with Crippen LogP contribution in [0.3, 0.4) is 0 Å². The molecule has 0 saturated carbocycles. The van der Waals surface area contributed by atoms with Gasteiger partial charge in [-0.25, -0.2) is 0 Å². The number of anilines is 1. The summed E-state index contributed by atoms with van der Waals surface area (Å²) in [7, 11) is 0. The van der Waals surface area contributed by atoms with Gasteiger partial charge in [-0.2, -0.15) is 4.98 Å². The quantitative estimate of drug-likeness (QED) is 0.295. The first-order valence-electron chi connectivity index (χ1n) is 10.2. The molecule has 0 unspecified atom stereocenters. The summed E-state index contributed by atoms with van der Waals surface area (Å²) in [5.74, 6) is 0.224. The van der Waals surface area contributed by atoms with Gasteiger partial charge in [-0.15, -0.1) is 10.2 Å². The number of thioether (sulfide) groups is 1. The lowest BCUT2D eigenvalue weighted by molar-refractivity contribution is -0.385. The third kappa shape index (κ3) is 4.31. The van der Waals surface area contributed by atoms with Gasteiger partial charge in [0.25, 0.3) is 5.69 Å². The topological polar surface area (TPSA) is 121 Å². The molecule has 2 aromatic carbocycles. The molecule has 0 spiro atoms. The van der Waals surface area contributed by atoms with E-state index in [9.17, 15) is 14.9 Å². The minimum absolute atomic E-state index is 0.149. The molecule has 3 aromatic rings. The molecule has 0 saturated heterocycles. The van der Waals surface area contributed by atoms with E-state index in [1.165, 1.54) is 41.8 Å². The summed E-state index contributed by atoms with van der Waals surface area (Å²) in [5.41, 5.74) is 1.69. The van der Waals surface area contributed by atoms with Gasteiger partial charge in [0.05, 0.1) is 22.8 Å². The highest BCUT2D eigenvalue weighted by Gasteiger charge is 2.37. The van der Waals surface area contributed by atoms with Crippen molar-refractivity contribution >= 4 is 29.0 Å². The van der Waals surface area contributed by atoms with E-state index in [0.29, 0.717) is 40.0 Å². The number of benzene rings is 2. The molecule has 0 radical (unpaired) electrons. The standard InChI is InChI=1S/C22H21N5O5S/c1-4-11-31-18-10-9-14(27(29)30)12-16(18)21-26(13(2)28)17-8-6-5-7-15(17)19-20(32-21)23-22(33-3)25-24-19/h5-10,12,21H,4,11H2,1-3H3/t21-/m0/s1. The molecule has 33 heavy (non-hydrogen) atoms. The number of nitro groups is 1. The van der Waals surface area contributed by atoms with Crippen LogP contribution in [0.1, 0.15) is 32.1 Å². The average Bonchev–Trinajstić information content (AvgIpc) is 2.96. The lowest BCUT2D eigenvalue weighted by atomic mass is 10.1. The van der Waals surface area contributed by atoms with Crippen LogP contribution in [-0.2, 0) is 4.79 Å². The summed E-state index contributed by atoms with van der Waals surface area (Å²) in [5, 5.41) is 20.3. The van der Waals surface area contributed by atoms with Crippen LogP contribution in [-0.4, -0.2) is 38.9 Å². The molecule has 1 amide bonds. The van der Waals surface area contributed by atoms with Crippen LogP contribution in [0, 0.1) is 10.1 Å². The van der Waals surface area contributed by atoms with E-state index in [1.54, 1.807) is 18.2 Å². The maximum Gasteiger partial charge on any atom is 0.270 e. The van der Waals surface area contributed by atoms with Crippen molar-refractivity contribution in [1.29, 1.82) is 0 Å². The molecule has 1 aromatic heterocycles. The van der Waals surface area contributed by atoms with Crippen LogP contribution in [0.15, 0.2) is 47.6 Å². The molecular weight excluding hydrogens is 446 g/mol. The largest absolute Gasteiger partial charge is 0.493 e. The fourth-order valence-corrected chi connectivity index (χ4v) is 3.82. The highest BCUT2D eigenvalue weighted by molar-refractivity contribution is 7.98. The lowest BCUT2D eigenvalue weighted by Crippen LogP contribution is -2.36. The number of hydrogen-bond acceptors (Lipinski definition) is 9. The fourth-order valence-electron chi connectivity index (χ4n) is 3.53. The molecule has 1 atom stereocenters. The van der Waals surface area contributed by atoms with Crippen LogP contribution in [0.25, 0.3) is 11.3 Å². The number of aromatic nitrogens is 3. The zero-order chi connectivity index (χ0) is 23.5. The van der Waals surface area contributed by atoms with E-state index >= 15 is 0 Å². The Morgan fingerprint density at radius 2 is 2.06 bits per heavy atom. The van der Waals surface area contributed by atoms with Gasteiger partial charge in [0.2, 0.25) is 23.2 Å². The van der Waals surface area contributed by atoms with Crippen LogP contribution in [0.4, 0.5) is 11.4 Å². The predicted molar refractivity (Wildman–Crippen MR) is 122 cm³/mol. The Kier molecular flexibility index (Phi) is 6.40. The summed E-state index contributed by atoms with van der Waals surface area (Å²) < 4.78 is 12.1. The summed E-state index contributed by atoms with van der Waals surface area (Å²) in [6, 6.07) is 11.4. The predicted octanol–water partition coefficient (Wildman–Crippen LogP) is 4.40. The first-order valence-corrected chi connectivity index (χ1v) is 11.4. The average molecular weight is 468 g/mol. The van der Waals surface area contributed by atoms with Crippen molar-refractivity contribution in [3.63, 3.8) is 0 Å². The van der Waals surface area contributed by atoms with Gasteiger partial charge in [-0.3, -0.25) is 19.8 Å². The number of nitrogens with zero attached hydrogens (tertiary/aromatic N) is 5. The number of non-ortho nitro benzene ring substituents is 1. The van der Waals surface area contributed by atoms with Gasteiger partial charge < -0.3 is 9.47 Å². The molecule has 1 aliphatic rings. The van der Waals surface area contributed by atoms with E-state index in [4.69, 9.17) is 9.47 Å². The van der Waals surface area contributed by atoms with E-state index < -0.39 is 11.2 Å². The third-order valence-electron chi connectivity index (χ3n) is 4.97. The van der Waals surface area contributed by atoms with Crippen molar-refractivity contribution in [2.75, 3.05) is 17.8 Å². The monoisotopic (exact) mass is 467 g/mol. The zero-order valence-electron chi connectivity index (χ0n) is 18.2. The van der Waals surface area contributed by atoms with Gasteiger partial charge in [-0.05, 0) is 24.8 Å². The van der Waals surface area contributed by atoms with Crippen molar-refractivity contribution in [2.45, 2.75) is 31.7 Å². The molecule has 11 heteroatoms. The van der Waals surface area contributed by atoms with E-state index in [2.05, 4.69) is 15.2 Å². The maximum absolute atomic E-state index is 12.9. The minimum atomic E-state index is -1.08. The number of carbonyl (C=O) groups is 1. The Morgan fingerprint density at radius 3 is 2.76 bits per heavy atom. The smallest absolute Gasteiger partial charge is 0.270 e. The highest BCUT2D eigenvalue weighted by Crippen LogP contribution is 2.45. The Bertz CT molecular complexity index is 1220.